The number of aromatic nitrogens is 3. The van der Waals surface area contributed by atoms with Crippen LogP contribution in [0.4, 0.5) is 14.6 Å². The standard InChI is InChI=1S/C14H12F2N4O3S/c1-9-2-7-12-13(17-8-18-20(9)12)19-24(21,22)11-5-3-10(4-6-11)23-14(15)16/h2-8,14H,1H3,(H,17,18,19). The monoisotopic (exact) mass is 354 g/mol. The highest BCUT2D eigenvalue weighted by Crippen LogP contribution is 2.22. The summed E-state index contributed by atoms with van der Waals surface area (Å²) in [6.07, 6.45) is 1.23. The number of rotatable bonds is 5. The Balaban J connectivity index is 1.90. The number of nitrogens with zero attached hydrogens (tertiary/aromatic N) is 3. The lowest BCUT2D eigenvalue weighted by atomic mass is 10.3. The Labute approximate surface area is 135 Å². The van der Waals surface area contributed by atoms with Crippen LogP contribution in [0.3, 0.4) is 0 Å². The van der Waals surface area contributed by atoms with Gasteiger partial charge in [-0.15, -0.1) is 0 Å². The van der Waals surface area contributed by atoms with Crippen molar-refractivity contribution in [1.82, 2.24) is 14.6 Å². The highest BCUT2D eigenvalue weighted by atomic mass is 32.2. The van der Waals surface area contributed by atoms with Gasteiger partial charge in [0.05, 0.1) is 4.90 Å². The molecule has 0 bridgehead atoms. The van der Waals surface area contributed by atoms with Crippen molar-refractivity contribution in [1.29, 1.82) is 0 Å². The van der Waals surface area contributed by atoms with Crippen molar-refractivity contribution < 1.29 is 21.9 Å². The number of anilines is 1. The Kier molecular flexibility index (Phi) is 4.06. The molecule has 3 rings (SSSR count). The molecule has 3 aromatic rings. The van der Waals surface area contributed by atoms with Gasteiger partial charge in [-0.2, -0.15) is 13.9 Å². The second kappa shape index (κ2) is 6.04. The molecule has 0 spiro atoms. The predicted molar refractivity (Wildman–Crippen MR) is 81.6 cm³/mol. The number of fused-ring (bicyclic) bond motifs is 1. The van der Waals surface area contributed by atoms with Gasteiger partial charge in [-0.25, -0.2) is 17.9 Å². The van der Waals surface area contributed by atoms with Gasteiger partial charge in [0, 0.05) is 5.69 Å². The summed E-state index contributed by atoms with van der Waals surface area (Å²) in [5, 5.41) is 4.03. The van der Waals surface area contributed by atoms with Crippen LogP contribution in [0.1, 0.15) is 5.69 Å². The zero-order valence-electron chi connectivity index (χ0n) is 12.3. The molecule has 0 atom stereocenters. The third kappa shape index (κ3) is 3.13. The Morgan fingerprint density at radius 1 is 1.17 bits per heavy atom. The smallest absolute Gasteiger partial charge is 0.387 e. The van der Waals surface area contributed by atoms with Crippen molar-refractivity contribution >= 4 is 21.4 Å². The summed E-state index contributed by atoms with van der Waals surface area (Å²) in [5.41, 5.74) is 1.32. The molecule has 2 heterocycles. The molecule has 126 valence electrons. The van der Waals surface area contributed by atoms with Gasteiger partial charge >= 0.3 is 6.61 Å². The number of benzene rings is 1. The average Bonchev–Trinajstić information content (AvgIpc) is 2.90. The lowest BCUT2D eigenvalue weighted by molar-refractivity contribution is -0.0498. The number of aryl methyl sites for hydroxylation is 1. The van der Waals surface area contributed by atoms with Crippen molar-refractivity contribution in [2.45, 2.75) is 18.4 Å². The summed E-state index contributed by atoms with van der Waals surface area (Å²) in [4.78, 5) is 3.83. The molecule has 0 unspecified atom stereocenters. The molecule has 7 nitrogen and oxygen atoms in total. The van der Waals surface area contributed by atoms with Crippen LogP contribution in [0.15, 0.2) is 47.6 Å². The largest absolute Gasteiger partial charge is 0.435 e. The number of hydrogen-bond donors (Lipinski definition) is 1. The Hall–Kier alpha value is -2.75. The summed E-state index contributed by atoms with van der Waals surface area (Å²) in [6.45, 7) is -1.16. The lowest BCUT2D eigenvalue weighted by Gasteiger charge is -2.09. The van der Waals surface area contributed by atoms with E-state index < -0.39 is 16.6 Å². The average molecular weight is 354 g/mol. The molecule has 1 aromatic carbocycles. The van der Waals surface area contributed by atoms with Crippen LogP contribution in [-0.2, 0) is 10.0 Å². The van der Waals surface area contributed by atoms with Crippen LogP contribution in [-0.4, -0.2) is 29.6 Å². The highest BCUT2D eigenvalue weighted by molar-refractivity contribution is 7.92. The molecule has 24 heavy (non-hydrogen) atoms. The molecule has 0 saturated carbocycles. The number of alkyl halides is 2. The van der Waals surface area contributed by atoms with Crippen LogP contribution < -0.4 is 9.46 Å². The predicted octanol–water partition coefficient (Wildman–Crippen LogP) is 2.44. The maximum absolute atomic E-state index is 12.4. The number of nitrogens with one attached hydrogen (secondary N) is 1. The number of ether oxygens (including phenoxy) is 1. The fraction of sp³-hybridized carbons (Fsp3) is 0.143. The number of sulfonamides is 1. The van der Waals surface area contributed by atoms with Crippen LogP contribution in [0.5, 0.6) is 5.75 Å². The second-order valence-corrected chi connectivity index (χ2v) is 6.52. The quantitative estimate of drug-likeness (QED) is 0.761. The summed E-state index contributed by atoms with van der Waals surface area (Å²) in [6, 6.07) is 8.10. The van der Waals surface area contributed by atoms with Gasteiger partial charge in [0.1, 0.15) is 17.6 Å². The van der Waals surface area contributed by atoms with Crippen LogP contribution >= 0.6 is 0 Å². The Bertz CT molecular complexity index is 971. The molecule has 1 N–H and O–H groups in total. The van der Waals surface area contributed by atoms with Gasteiger partial charge in [0.15, 0.2) is 5.82 Å². The molecular formula is C14H12F2N4O3S. The molecule has 10 heteroatoms. The fourth-order valence-corrected chi connectivity index (χ4v) is 3.15. The molecule has 0 saturated heterocycles. The Morgan fingerprint density at radius 2 is 1.88 bits per heavy atom. The second-order valence-electron chi connectivity index (χ2n) is 4.84. The van der Waals surface area contributed by atoms with E-state index in [9.17, 15) is 17.2 Å². The van der Waals surface area contributed by atoms with Crippen LogP contribution in [0.25, 0.3) is 5.52 Å². The van der Waals surface area contributed by atoms with Crippen LogP contribution in [0.2, 0.25) is 0 Å². The van der Waals surface area contributed by atoms with Gasteiger partial charge < -0.3 is 4.74 Å². The van der Waals surface area contributed by atoms with Crippen LogP contribution in [0, 0.1) is 6.92 Å². The molecule has 0 amide bonds. The van der Waals surface area contributed by atoms with Gasteiger partial charge in [0.2, 0.25) is 0 Å². The molecule has 0 aliphatic heterocycles. The van der Waals surface area contributed by atoms with E-state index in [1.807, 2.05) is 6.92 Å². The van der Waals surface area contributed by atoms with Gasteiger partial charge in [-0.1, -0.05) is 0 Å². The molecular weight excluding hydrogens is 342 g/mol. The molecule has 0 aliphatic rings. The van der Waals surface area contributed by atoms with Crippen molar-refractivity contribution in [3.8, 4) is 5.75 Å². The van der Waals surface area contributed by atoms with E-state index >= 15 is 0 Å². The van der Waals surface area contributed by atoms with E-state index in [4.69, 9.17) is 0 Å². The first kappa shape index (κ1) is 16.1. The van der Waals surface area contributed by atoms with Crippen molar-refractivity contribution in [3.63, 3.8) is 0 Å². The molecule has 0 radical (unpaired) electrons. The van der Waals surface area contributed by atoms with E-state index in [1.165, 1.54) is 18.5 Å². The zero-order chi connectivity index (χ0) is 17.3. The Morgan fingerprint density at radius 3 is 2.54 bits per heavy atom. The third-order valence-electron chi connectivity index (χ3n) is 3.23. The SMILES string of the molecule is Cc1ccc2c(NS(=O)(=O)c3ccc(OC(F)F)cc3)ncnn12. The van der Waals surface area contributed by atoms with E-state index in [0.29, 0.717) is 5.52 Å². The van der Waals surface area contributed by atoms with Crippen molar-refractivity contribution in [2.75, 3.05) is 4.72 Å². The lowest BCUT2D eigenvalue weighted by Crippen LogP contribution is -2.15. The summed E-state index contributed by atoms with van der Waals surface area (Å²) in [7, 11) is -3.94. The van der Waals surface area contributed by atoms with Gasteiger partial charge in [-0.05, 0) is 43.3 Å². The topological polar surface area (TPSA) is 85.6 Å². The first-order valence-electron chi connectivity index (χ1n) is 6.74. The molecule has 0 aliphatic carbocycles. The van der Waals surface area contributed by atoms with Crippen molar-refractivity contribution in [2.24, 2.45) is 0 Å². The minimum Gasteiger partial charge on any atom is -0.435 e. The summed E-state index contributed by atoms with van der Waals surface area (Å²) in [5.74, 6) is -0.0124. The number of halogens is 2. The maximum atomic E-state index is 12.4. The zero-order valence-corrected chi connectivity index (χ0v) is 13.2. The molecule has 2 aromatic heterocycles. The summed E-state index contributed by atoms with van der Waals surface area (Å²) < 4.78 is 57.2. The number of hydrogen-bond acceptors (Lipinski definition) is 5. The first-order chi connectivity index (χ1) is 11.4. The minimum atomic E-state index is -3.94. The maximum Gasteiger partial charge on any atom is 0.387 e. The van der Waals surface area contributed by atoms with E-state index in [2.05, 4.69) is 19.5 Å². The van der Waals surface area contributed by atoms with Gasteiger partial charge in [0.25, 0.3) is 10.0 Å². The highest BCUT2D eigenvalue weighted by Gasteiger charge is 2.18. The minimum absolute atomic E-state index is 0.107. The van der Waals surface area contributed by atoms with E-state index in [0.717, 1.165) is 17.8 Å². The fourth-order valence-electron chi connectivity index (χ4n) is 2.13. The van der Waals surface area contributed by atoms with E-state index in [1.54, 1.807) is 16.6 Å². The normalized spacial score (nSPS) is 11.8. The first-order valence-corrected chi connectivity index (χ1v) is 8.22. The third-order valence-corrected chi connectivity index (χ3v) is 4.59. The van der Waals surface area contributed by atoms with E-state index in [-0.39, 0.29) is 16.5 Å². The van der Waals surface area contributed by atoms with Crippen molar-refractivity contribution in [3.05, 3.63) is 48.4 Å². The molecule has 0 fully saturated rings. The van der Waals surface area contributed by atoms with Gasteiger partial charge in [-0.3, -0.25) is 4.72 Å². The summed E-state index contributed by atoms with van der Waals surface area (Å²) >= 11 is 0.